The van der Waals surface area contributed by atoms with Crippen molar-refractivity contribution < 1.29 is 9.59 Å². The van der Waals surface area contributed by atoms with Crippen molar-refractivity contribution in [1.29, 1.82) is 0 Å². The van der Waals surface area contributed by atoms with E-state index in [9.17, 15) is 9.59 Å². The molecule has 1 aromatic heterocycles. The molecule has 21 heavy (non-hydrogen) atoms. The molecule has 0 bridgehead atoms. The Morgan fingerprint density at radius 2 is 2.00 bits per heavy atom. The van der Waals surface area contributed by atoms with Crippen LogP contribution >= 0.6 is 11.6 Å². The van der Waals surface area contributed by atoms with Gasteiger partial charge in [0.2, 0.25) is 11.8 Å². The lowest BCUT2D eigenvalue weighted by atomic mass is 10.1. The highest BCUT2D eigenvalue weighted by atomic mass is 35.5. The number of amides is 2. The molecular formula is C14H21ClN4O2. The van der Waals surface area contributed by atoms with Gasteiger partial charge in [-0.05, 0) is 33.8 Å². The maximum absolute atomic E-state index is 11.7. The average molecular weight is 313 g/mol. The second-order valence-corrected chi connectivity index (χ2v) is 6.12. The van der Waals surface area contributed by atoms with Gasteiger partial charge in [0.25, 0.3) is 0 Å². The lowest BCUT2D eigenvalue weighted by Crippen LogP contribution is -2.45. The minimum absolute atomic E-state index is 0.0692. The van der Waals surface area contributed by atoms with Gasteiger partial charge < -0.3 is 10.6 Å². The van der Waals surface area contributed by atoms with Crippen LogP contribution in [0.25, 0.3) is 6.08 Å². The predicted octanol–water partition coefficient (Wildman–Crippen LogP) is 1.43. The van der Waals surface area contributed by atoms with E-state index in [1.54, 1.807) is 20.0 Å². The van der Waals surface area contributed by atoms with Crippen molar-refractivity contribution in [1.82, 2.24) is 20.4 Å². The van der Waals surface area contributed by atoms with Gasteiger partial charge in [-0.2, -0.15) is 5.10 Å². The van der Waals surface area contributed by atoms with E-state index >= 15 is 0 Å². The molecule has 1 aromatic rings. The number of aromatic nitrogens is 2. The first kappa shape index (κ1) is 17.2. The van der Waals surface area contributed by atoms with E-state index in [2.05, 4.69) is 15.7 Å². The van der Waals surface area contributed by atoms with E-state index in [0.29, 0.717) is 10.7 Å². The summed E-state index contributed by atoms with van der Waals surface area (Å²) in [6.07, 6.45) is 2.92. The number of hydrogen-bond acceptors (Lipinski definition) is 3. The molecule has 0 aliphatic heterocycles. The molecule has 2 amide bonds. The molecule has 0 atom stereocenters. The Labute approximate surface area is 129 Å². The summed E-state index contributed by atoms with van der Waals surface area (Å²) in [6, 6.07) is 0. The summed E-state index contributed by atoms with van der Waals surface area (Å²) in [6.45, 7) is 7.36. The first-order chi connectivity index (χ1) is 9.60. The van der Waals surface area contributed by atoms with Gasteiger partial charge in [-0.15, -0.1) is 0 Å². The van der Waals surface area contributed by atoms with Crippen molar-refractivity contribution in [2.24, 2.45) is 7.05 Å². The maximum atomic E-state index is 11.7. The van der Waals surface area contributed by atoms with Crippen LogP contribution in [0.2, 0.25) is 5.15 Å². The van der Waals surface area contributed by atoms with Crippen LogP contribution in [0.5, 0.6) is 0 Å². The van der Waals surface area contributed by atoms with Crippen molar-refractivity contribution in [2.45, 2.75) is 33.2 Å². The van der Waals surface area contributed by atoms with Crippen LogP contribution in [-0.2, 0) is 16.6 Å². The number of nitrogens with zero attached hydrogens (tertiary/aromatic N) is 2. The first-order valence-corrected chi connectivity index (χ1v) is 6.94. The molecule has 1 rings (SSSR count). The largest absolute Gasteiger partial charge is 0.350 e. The van der Waals surface area contributed by atoms with Gasteiger partial charge in [0, 0.05) is 24.2 Å². The summed E-state index contributed by atoms with van der Waals surface area (Å²) in [5.74, 6) is -0.599. The molecule has 0 spiro atoms. The Kier molecular flexibility index (Phi) is 5.54. The van der Waals surface area contributed by atoms with E-state index < -0.39 is 0 Å². The highest BCUT2D eigenvalue weighted by molar-refractivity contribution is 6.31. The second-order valence-electron chi connectivity index (χ2n) is 5.76. The molecule has 0 fully saturated rings. The first-order valence-electron chi connectivity index (χ1n) is 6.56. The molecule has 6 nitrogen and oxygen atoms in total. The molecule has 0 saturated heterocycles. The third-order valence-electron chi connectivity index (χ3n) is 2.54. The SMILES string of the molecule is Cc1nn(C)c(Cl)c1/C=C/C(=O)NCC(=O)NC(C)(C)C. The second kappa shape index (κ2) is 6.76. The lowest BCUT2D eigenvalue weighted by Gasteiger charge is -2.20. The van der Waals surface area contributed by atoms with Gasteiger partial charge in [0.15, 0.2) is 0 Å². The molecule has 0 aromatic carbocycles. The Hall–Kier alpha value is -1.82. The molecule has 0 radical (unpaired) electrons. The lowest BCUT2D eigenvalue weighted by molar-refractivity contribution is -0.124. The van der Waals surface area contributed by atoms with Crippen LogP contribution < -0.4 is 10.6 Å². The van der Waals surface area contributed by atoms with Crippen LogP contribution in [0, 0.1) is 6.92 Å². The standard InChI is InChI=1S/C14H21ClN4O2/c1-9-10(13(15)19(5)18-9)6-7-11(20)16-8-12(21)17-14(2,3)4/h6-7H,8H2,1-5H3,(H,16,20)(H,17,21)/b7-6+. The van der Waals surface area contributed by atoms with E-state index in [4.69, 9.17) is 11.6 Å². The van der Waals surface area contributed by atoms with E-state index in [-0.39, 0.29) is 23.9 Å². The summed E-state index contributed by atoms with van der Waals surface area (Å²) in [5, 5.41) is 9.87. The average Bonchev–Trinajstić information content (AvgIpc) is 2.57. The predicted molar refractivity (Wildman–Crippen MR) is 82.9 cm³/mol. The topological polar surface area (TPSA) is 76.0 Å². The van der Waals surface area contributed by atoms with Crippen molar-refractivity contribution in [2.75, 3.05) is 6.54 Å². The Balaban J connectivity index is 2.54. The van der Waals surface area contributed by atoms with Gasteiger partial charge in [-0.3, -0.25) is 14.3 Å². The van der Waals surface area contributed by atoms with Crippen LogP contribution in [0.15, 0.2) is 6.08 Å². The Morgan fingerprint density at radius 1 is 1.38 bits per heavy atom. The summed E-state index contributed by atoms with van der Waals surface area (Å²) in [5.41, 5.74) is 1.10. The highest BCUT2D eigenvalue weighted by Crippen LogP contribution is 2.19. The van der Waals surface area contributed by atoms with E-state index in [0.717, 1.165) is 5.69 Å². The number of hydrogen-bond donors (Lipinski definition) is 2. The van der Waals surface area contributed by atoms with Crippen LogP contribution in [-0.4, -0.2) is 33.7 Å². The van der Waals surface area contributed by atoms with Gasteiger partial charge in [0.1, 0.15) is 5.15 Å². The van der Waals surface area contributed by atoms with Gasteiger partial charge in [-0.25, -0.2) is 0 Å². The molecule has 0 aliphatic carbocycles. The zero-order chi connectivity index (χ0) is 16.2. The molecule has 116 valence electrons. The fraction of sp³-hybridized carbons (Fsp3) is 0.500. The molecule has 0 saturated carbocycles. The zero-order valence-corrected chi connectivity index (χ0v) is 13.7. The quantitative estimate of drug-likeness (QED) is 0.826. The monoisotopic (exact) mass is 312 g/mol. The van der Waals surface area contributed by atoms with Gasteiger partial charge in [-0.1, -0.05) is 11.6 Å². The maximum Gasteiger partial charge on any atom is 0.244 e. The van der Waals surface area contributed by atoms with Crippen LogP contribution in [0.1, 0.15) is 32.0 Å². The number of carbonyl (C=O) groups excluding carboxylic acids is 2. The molecule has 0 aliphatic rings. The number of halogens is 1. The molecule has 0 unspecified atom stereocenters. The van der Waals surface area contributed by atoms with Gasteiger partial charge >= 0.3 is 0 Å². The summed E-state index contributed by atoms with van der Waals surface area (Å²) in [4.78, 5) is 23.2. The number of carbonyl (C=O) groups is 2. The number of nitrogens with one attached hydrogen (secondary N) is 2. The van der Waals surface area contributed by atoms with Crippen molar-refractivity contribution in [3.63, 3.8) is 0 Å². The van der Waals surface area contributed by atoms with Crippen LogP contribution in [0.4, 0.5) is 0 Å². The summed E-state index contributed by atoms with van der Waals surface area (Å²) >= 11 is 6.05. The van der Waals surface area contributed by atoms with Crippen molar-refractivity contribution in [3.05, 3.63) is 22.5 Å². The van der Waals surface area contributed by atoms with E-state index in [1.165, 1.54) is 10.8 Å². The molecular weight excluding hydrogens is 292 g/mol. The third-order valence-corrected chi connectivity index (χ3v) is 2.98. The Morgan fingerprint density at radius 3 is 2.48 bits per heavy atom. The number of rotatable bonds is 4. The zero-order valence-electron chi connectivity index (χ0n) is 13.0. The van der Waals surface area contributed by atoms with Crippen molar-refractivity contribution >= 4 is 29.5 Å². The molecule has 2 N–H and O–H groups in total. The summed E-state index contributed by atoms with van der Waals surface area (Å²) in [7, 11) is 1.73. The fourth-order valence-electron chi connectivity index (χ4n) is 1.68. The van der Waals surface area contributed by atoms with Crippen molar-refractivity contribution in [3.8, 4) is 0 Å². The third kappa shape index (κ3) is 5.59. The molecule has 7 heteroatoms. The van der Waals surface area contributed by atoms with Gasteiger partial charge in [0.05, 0.1) is 12.2 Å². The highest BCUT2D eigenvalue weighted by Gasteiger charge is 2.14. The molecule has 1 heterocycles. The summed E-state index contributed by atoms with van der Waals surface area (Å²) < 4.78 is 1.53. The fourth-order valence-corrected chi connectivity index (χ4v) is 1.92. The van der Waals surface area contributed by atoms with Crippen LogP contribution in [0.3, 0.4) is 0 Å². The minimum atomic E-state index is -0.363. The number of aryl methyl sites for hydroxylation is 2. The van der Waals surface area contributed by atoms with E-state index in [1.807, 2.05) is 20.8 Å². The smallest absolute Gasteiger partial charge is 0.244 e. The normalized spacial score (nSPS) is 11.7. The minimum Gasteiger partial charge on any atom is -0.350 e. The Bertz CT molecular complexity index is 570.